The van der Waals surface area contributed by atoms with Crippen LogP contribution in [-0.4, -0.2) is 19.4 Å². The molecule has 0 saturated heterocycles. The molecule has 0 spiro atoms. The van der Waals surface area contributed by atoms with Crippen molar-refractivity contribution >= 4 is 21.4 Å². The summed E-state index contributed by atoms with van der Waals surface area (Å²) >= 11 is 1.43. The van der Waals surface area contributed by atoms with Crippen LogP contribution in [0.5, 0.6) is 0 Å². The van der Waals surface area contributed by atoms with Gasteiger partial charge in [-0.2, -0.15) is 0 Å². The molecule has 0 amide bonds. The van der Waals surface area contributed by atoms with Crippen LogP contribution in [-0.2, 0) is 23.1 Å². The predicted octanol–water partition coefficient (Wildman–Crippen LogP) is 1.78. The molecule has 0 aromatic carbocycles. The van der Waals surface area contributed by atoms with Crippen LogP contribution in [0.3, 0.4) is 0 Å². The zero-order valence-electron chi connectivity index (χ0n) is 11.6. The molecule has 0 unspecified atom stereocenters. The molecule has 1 aliphatic carbocycles. The van der Waals surface area contributed by atoms with E-state index in [1.165, 1.54) is 30.2 Å². The summed E-state index contributed by atoms with van der Waals surface area (Å²) in [5.41, 5.74) is 0.889. The summed E-state index contributed by atoms with van der Waals surface area (Å²) in [6.07, 6.45) is 2.36. The van der Waals surface area contributed by atoms with Crippen molar-refractivity contribution in [3.8, 4) is 0 Å². The number of sulfonamides is 1. The number of nitrogens with zero attached hydrogens (tertiary/aromatic N) is 1. The largest absolute Gasteiger partial charge is 0.447 e. The number of furan rings is 1. The zero-order chi connectivity index (χ0) is 14.9. The second-order valence-corrected chi connectivity index (χ2v) is 7.72. The van der Waals surface area contributed by atoms with Crippen LogP contribution in [0.1, 0.15) is 29.3 Å². The van der Waals surface area contributed by atoms with Crippen molar-refractivity contribution in [1.82, 2.24) is 15.0 Å². The van der Waals surface area contributed by atoms with Gasteiger partial charge < -0.3 is 9.73 Å². The number of hydrogen-bond acceptors (Lipinski definition) is 6. The van der Waals surface area contributed by atoms with Gasteiger partial charge in [0.05, 0.1) is 13.1 Å². The van der Waals surface area contributed by atoms with Crippen molar-refractivity contribution in [2.75, 3.05) is 0 Å². The quantitative estimate of drug-likeness (QED) is 0.810. The van der Waals surface area contributed by atoms with Crippen molar-refractivity contribution in [3.05, 3.63) is 34.0 Å². The third-order valence-corrected chi connectivity index (χ3v) is 5.36. The maximum absolute atomic E-state index is 12.1. The first-order chi connectivity index (χ1) is 10.0. The average molecular weight is 327 g/mol. The van der Waals surface area contributed by atoms with Gasteiger partial charge in [0.15, 0.2) is 0 Å². The van der Waals surface area contributed by atoms with E-state index in [0.717, 1.165) is 10.7 Å². The average Bonchev–Trinajstić information content (AvgIpc) is 2.97. The summed E-state index contributed by atoms with van der Waals surface area (Å²) in [6, 6.07) is 3.73. The van der Waals surface area contributed by atoms with E-state index in [2.05, 4.69) is 15.0 Å². The summed E-state index contributed by atoms with van der Waals surface area (Å²) in [6.45, 7) is 2.61. The molecule has 1 saturated carbocycles. The Morgan fingerprint density at radius 1 is 1.38 bits per heavy atom. The van der Waals surface area contributed by atoms with Crippen molar-refractivity contribution < 1.29 is 12.8 Å². The Labute approximate surface area is 127 Å². The normalized spacial score (nSPS) is 15.5. The lowest BCUT2D eigenvalue weighted by Crippen LogP contribution is -2.22. The van der Waals surface area contributed by atoms with E-state index in [1.807, 2.05) is 12.3 Å². The molecule has 2 heterocycles. The van der Waals surface area contributed by atoms with Crippen LogP contribution in [0.25, 0.3) is 0 Å². The van der Waals surface area contributed by atoms with Gasteiger partial charge in [-0.3, -0.25) is 0 Å². The first kappa shape index (κ1) is 14.7. The molecule has 0 bridgehead atoms. The molecule has 1 fully saturated rings. The summed E-state index contributed by atoms with van der Waals surface area (Å²) in [5.74, 6) is 0.632. The highest BCUT2D eigenvalue weighted by molar-refractivity contribution is 7.89. The van der Waals surface area contributed by atoms with E-state index in [-0.39, 0.29) is 11.6 Å². The molecular formula is C13H17N3O3S2. The highest BCUT2D eigenvalue weighted by Crippen LogP contribution is 2.20. The van der Waals surface area contributed by atoms with E-state index >= 15 is 0 Å². The monoisotopic (exact) mass is 327 g/mol. The number of thiazole rings is 1. The van der Waals surface area contributed by atoms with Gasteiger partial charge in [0.25, 0.3) is 10.0 Å². The van der Waals surface area contributed by atoms with E-state index in [4.69, 9.17) is 4.42 Å². The molecule has 114 valence electrons. The molecule has 2 aromatic heterocycles. The second kappa shape index (κ2) is 5.88. The van der Waals surface area contributed by atoms with E-state index in [0.29, 0.717) is 18.3 Å². The fourth-order valence-electron chi connectivity index (χ4n) is 1.84. The van der Waals surface area contributed by atoms with Crippen LogP contribution in [0, 0.1) is 6.92 Å². The topological polar surface area (TPSA) is 84.2 Å². The highest BCUT2D eigenvalue weighted by Gasteiger charge is 2.22. The Balaban J connectivity index is 1.60. The molecular weight excluding hydrogens is 310 g/mol. The van der Waals surface area contributed by atoms with Crippen LogP contribution < -0.4 is 10.0 Å². The molecule has 0 atom stereocenters. The maximum atomic E-state index is 12.1. The van der Waals surface area contributed by atoms with Gasteiger partial charge in [-0.15, -0.1) is 11.3 Å². The third-order valence-electron chi connectivity index (χ3n) is 3.12. The summed E-state index contributed by atoms with van der Waals surface area (Å²) in [7, 11) is -3.63. The summed E-state index contributed by atoms with van der Waals surface area (Å²) < 4.78 is 32.1. The van der Waals surface area contributed by atoms with E-state index in [9.17, 15) is 8.42 Å². The van der Waals surface area contributed by atoms with Gasteiger partial charge in [0, 0.05) is 17.1 Å². The Hall–Kier alpha value is -1.22. The molecule has 3 rings (SSSR count). The van der Waals surface area contributed by atoms with Crippen LogP contribution in [0.15, 0.2) is 27.0 Å². The van der Waals surface area contributed by atoms with Crippen molar-refractivity contribution in [2.45, 2.75) is 44.0 Å². The molecule has 21 heavy (non-hydrogen) atoms. The van der Waals surface area contributed by atoms with Gasteiger partial charge in [-0.1, -0.05) is 0 Å². The molecule has 0 radical (unpaired) electrons. The SMILES string of the molecule is Cc1csc(CNS(=O)(=O)c2ccc(CNC3CC3)o2)n1. The lowest BCUT2D eigenvalue weighted by atomic mass is 10.4. The van der Waals surface area contributed by atoms with Crippen molar-refractivity contribution in [2.24, 2.45) is 0 Å². The number of aryl methyl sites for hydroxylation is 1. The number of hydrogen-bond donors (Lipinski definition) is 2. The van der Waals surface area contributed by atoms with Crippen molar-refractivity contribution in [3.63, 3.8) is 0 Å². The van der Waals surface area contributed by atoms with E-state index in [1.54, 1.807) is 6.07 Å². The molecule has 2 N–H and O–H groups in total. The van der Waals surface area contributed by atoms with Gasteiger partial charge in [0.1, 0.15) is 10.8 Å². The Bertz CT molecular complexity index is 717. The summed E-state index contributed by atoms with van der Waals surface area (Å²) in [4.78, 5) is 4.22. The van der Waals surface area contributed by atoms with Crippen LogP contribution in [0.2, 0.25) is 0 Å². The number of aromatic nitrogens is 1. The fourth-order valence-corrected chi connectivity index (χ4v) is 3.58. The van der Waals surface area contributed by atoms with Crippen LogP contribution in [0.4, 0.5) is 0 Å². The first-order valence-corrected chi connectivity index (χ1v) is 9.12. The van der Waals surface area contributed by atoms with Gasteiger partial charge in [0.2, 0.25) is 5.09 Å². The van der Waals surface area contributed by atoms with Gasteiger partial charge in [-0.05, 0) is 31.9 Å². The van der Waals surface area contributed by atoms with Gasteiger partial charge in [-0.25, -0.2) is 18.1 Å². The highest BCUT2D eigenvalue weighted by atomic mass is 32.2. The second-order valence-electron chi connectivity index (χ2n) is 5.08. The predicted molar refractivity (Wildman–Crippen MR) is 79.4 cm³/mol. The first-order valence-electron chi connectivity index (χ1n) is 6.76. The minimum Gasteiger partial charge on any atom is -0.447 e. The smallest absolute Gasteiger partial charge is 0.274 e. The Kier molecular flexibility index (Phi) is 4.12. The number of rotatable bonds is 7. The minimum absolute atomic E-state index is 0.0524. The maximum Gasteiger partial charge on any atom is 0.274 e. The van der Waals surface area contributed by atoms with Crippen LogP contribution >= 0.6 is 11.3 Å². The molecule has 2 aromatic rings. The summed E-state index contributed by atoms with van der Waals surface area (Å²) in [5, 5.41) is 5.85. The molecule has 0 aliphatic heterocycles. The number of nitrogens with one attached hydrogen (secondary N) is 2. The zero-order valence-corrected chi connectivity index (χ0v) is 13.3. The van der Waals surface area contributed by atoms with Crippen molar-refractivity contribution in [1.29, 1.82) is 0 Å². The lowest BCUT2D eigenvalue weighted by Gasteiger charge is -2.02. The Morgan fingerprint density at radius 3 is 2.86 bits per heavy atom. The lowest BCUT2D eigenvalue weighted by molar-refractivity contribution is 0.399. The van der Waals surface area contributed by atoms with E-state index < -0.39 is 10.0 Å². The molecule has 6 nitrogen and oxygen atoms in total. The fraction of sp³-hybridized carbons (Fsp3) is 0.462. The Morgan fingerprint density at radius 2 is 2.19 bits per heavy atom. The minimum atomic E-state index is -3.63. The third kappa shape index (κ3) is 3.91. The molecule has 8 heteroatoms. The standard InChI is InChI=1S/C13H17N3O3S2/c1-9-8-20-12(16-9)7-15-21(17,18)13-5-4-11(19-13)6-14-10-2-3-10/h4-5,8,10,14-15H,2-3,6-7H2,1H3. The van der Waals surface area contributed by atoms with Gasteiger partial charge >= 0.3 is 0 Å². The molecule has 1 aliphatic rings.